The third-order valence-electron chi connectivity index (χ3n) is 4.93. The van der Waals surface area contributed by atoms with Gasteiger partial charge in [0.05, 0.1) is 12.0 Å². The molecule has 0 amide bonds. The summed E-state index contributed by atoms with van der Waals surface area (Å²) in [5.74, 6) is 7.99. The van der Waals surface area contributed by atoms with Gasteiger partial charge in [0.1, 0.15) is 17.6 Å². The van der Waals surface area contributed by atoms with Crippen molar-refractivity contribution < 1.29 is 9.63 Å². The molecule has 0 saturated carbocycles. The average molecular weight is 376 g/mol. The number of rotatable bonds is 4. The maximum atomic E-state index is 9.77. The van der Waals surface area contributed by atoms with Gasteiger partial charge in [0.15, 0.2) is 5.76 Å². The molecule has 0 spiro atoms. The molecule has 28 heavy (non-hydrogen) atoms. The highest BCUT2D eigenvalue weighted by Crippen LogP contribution is 2.27. The van der Waals surface area contributed by atoms with Crippen LogP contribution in [0.25, 0.3) is 11.3 Å². The van der Waals surface area contributed by atoms with Gasteiger partial charge in [-0.15, -0.1) is 0 Å². The Balaban J connectivity index is 1.45. The molecule has 1 atom stereocenters. The maximum Gasteiger partial charge on any atom is 0.167 e. The first-order valence-electron chi connectivity index (χ1n) is 9.39. The summed E-state index contributed by atoms with van der Waals surface area (Å²) in [5, 5.41) is 13.9. The largest absolute Gasteiger partial charge is 0.385 e. The van der Waals surface area contributed by atoms with Crippen molar-refractivity contribution in [3.8, 4) is 23.2 Å². The predicted octanol–water partition coefficient (Wildman–Crippen LogP) is 2.94. The van der Waals surface area contributed by atoms with Crippen molar-refractivity contribution in [2.24, 2.45) is 5.41 Å². The van der Waals surface area contributed by atoms with E-state index >= 15 is 0 Å². The number of aliphatic hydroxyl groups excluding tert-OH is 1. The molecule has 6 nitrogen and oxygen atoms in total. The average Bonchev–Trinajstić information content (AvgIpc) is 3.29. The Morgan fingerprint density at radius 3 is 2.71 bits per heavy atom. The van der Waals surface area contributed by atoms with Gasteiger partial charge in [0, 0.05) is 42.7 Å². The van der Waals surface area contributed by atoms with Gasteiger partial charge < -0.3 is 19.1 Å². The summed E-state index contributed by atoms with van der Waals surface area (Å²) in [4.78, 5) is 6.45. The van der Waals surface area contributed by atoms with Crippen LogP contribution in [-0.2, 0) is 6.54 Å². The minimum atomic E-state index is -0.627. The summed E-state index contributed by atoms with van der Waals surface area (Å²) in [6.45, 7) is 6.44. The fourth-order valence-corrected chi connectivity index (χ4v) is 3.68. The van der Waals surface area contributed by atoms with E-state index in [-0.39, 0.29) is 5.41 Å². The lowest BCUT2D eigenvalue weighted by atomic mass is 9.83. The standard InChI is InChI=1S/C22H24N4O2/c1-16(27)21-23-10-11-26(21)13-19-12-20(28-24-19)18-6-4-17(5-7-18)8-9-22(2)14-25(3)15-22/h4-7,10-12,16,27H,13-15H2,1-3H3/t16-/m0/s1. The molecule has 6 heteroatoms. The van der Waals surface area contributed by atoms with Gasteiger partial charge in [-0.25, -0.2) is 4.98 Å². The molecule has 0 radical (unpaired) electrons. The third kappa shape index (κ3) is 3.86. The Morgan fingerprint density at radius 2 is 2.04 bits per heavy atom. The third-order valence-corrected chi connectivity index (χ3v) is 4.93. The second kappa shape index (κ2) is 7.27. The molecule has 3 heterocycles. The lowest BCUT2D eigenvalue weighted by Crippen LogP contribution is -2.51. The van der Waals surface area contributed by atoms with E-state index in [1.807, 2.05) is 41.1 Å². The van der Waals surface area contributed by atoms with E-state index in [9.17, 15) is 5.11 Å². The Bertz CT molecular complexity index is 1010. The molecule has 1 fully saturated rings. The van der Waals surface area contributed by atoms with E-state index in [1.54, 1.807) is 13.1 Å². The Hall–Kier alpha value is -2.88. The minimum Gasteiger partial charge on any atom is -0.385 e. The number of aliphatic hydroxyl groups is 1. The quantitative estimate of drug-likeness (QED) is 0.709. The summed E-state index contributed by atoms with van der Waals surface area (Å²) in [6, 6.07) is 9.94. The molecule has 1 aromatic carbocycles. The van der Waals surface area contributed by atoms with Crippen molar-refractivity contribution in [3.63, 3.8) is 0 Å². The van der Waals surface area contributed by atoms with Gasteiger partial charge in [-0.1, -0.05) is 17.0 Å². The van der Waals surface area contributed by atoms with E-state index in [1.165, 1.54) is 0 Å². The van der Waals surface area contributed by atoms with E-state index in [2.05, 4.69) is 40.9 Å². The van der Waals surface area contributed by atoms with Crippen molar-refractivity contribution in [3.05, 3.63) is 59.8 Å². The van der Waals surface area contributed by atoms with Crippen molar-refractivity contribution >= 4 is 0 Å². The van der Waals surface area contributed by atoms with Gasteiger partial charge >= 0.3 is 0 Å². The molecule has 2 aromatic heterocycles. The molecule has 0 aliphatic carbocycles. The monoisotopic (exact) mass is 376 g/mol. The maximum absolute atomic E-state index is 9.77. The fraction of sp³-hybridized carbons (Fsp3) is 0.364. The lowest BCUT2D eigenvalue weighted by molar-refractivity contribution is 0.0916. The first-order valence-corrected chi connectivity index (χ1v) is 9.39. The fourth-order valence-electron chi connectivity index (χ4n) is 3.68. The number of nitrogens with zero attached hydrogens (tertiary/aromatic N) is 4. The van der Waals surface area contributed by atoms with Gasteiger partial charge in [-0.3, -0.25) is 0 Å². The highest BCUT2D eigenvalue weighted by Gasteiger charge is 2.34. The zero-order chi connectivity index (χ0) is 19.7. The predicted molar refractivity (Wildman–Crippen MR) is 106 cm³/mol. The zero-order valence-corrected chi connectivity index (χ0v) is 16.4. The molecule has 1 aliphatic heterocycles. The summed E-state index contributed by atoms with van der Waals surface area (Å²) < 4.78 is 7.37. The number of hydrogen-bond acceptors (Lipinski definition) is 5. The van der Waals surface area contributed by atoms with Crippen LogP contribution in [0.15, 0.2) is 47.2 Å². The highest BCUT2D eigenvalue weighted by molar-refractivity contribution is 5.59. The SMILES string of the molecule is C[C@H](O)c1nccn1Cc1cc(-c2ccc(C#CC3(C)CN(C)C3)cc2)on1. The van der Waals surface area contributed by atoms with Crippen LogP contribution in [0.1, 0.15) is 37.0 Å². The number of benzene rings is 1. The van der Waals surface area contributed by atoms with E-state index in [0.29, 0.717) is 18.1 Å². The Labute approximate surface area is 164 Å². The van der Waals surface area contributed by atoms with Gasteiger partial charge in [0.25, 0.3) is 0 Å². The van der Waals surface area contributed by atoms with Gasteiger partial charge in [-0.05, 0) is 45.2 Å². The normalized spacial score (nSPS) is 16.9. The summed E-state index contributed by atoms with van der Waals surface area (Å²) in [5.41, 5.74) is 2.84. The van der Waals surface area contributed by atoms with E-state index in [4.69, 9.17) is 4.52 Å². The second-order valence-corrected chi connectivity index (χ2v) is 7.83. The number of hydrogen-bond donors (Lipinski definition) is 1. The van der Waals surface area contributed by atoms with Crippen LogP contribution in [0.4, 0.5) is 0 Å². The van der Waals surface area contributed by atoms with E-state index < -0.39 is 6.10 Å². The van der Waals surface area contributed by atoms with Crippen molar-refractivity contribution in [2.75, 3.05) is 20.1 Å². The number of aromatic nitrogens is 3. The van der Waals surface area contributed by atoms with Crippen LogP contribution in [0.3, 0.4) is 0 Å². The van der Waals surface area contributed by atoms with Crippen LogP contribution in [0.5, 0.6) is 0 Å². The molecule has 1 N–H and O–H groups in total. The van der Waals surface area contributed by atoms with Crippen molar-refractivity contribution in [2.45, 2.75) is 26.5 Å². The highest BCUT2D eigenvalue weighted by atomic mass is 16.5. The Kier molecular flexibility index (Phi) is 4.80. The molecule has 1 saturated heterocycles. The summed E-state index contributed by atoms with van der Waals surface area (Å²) in [6.07, 6.45) is 2.87. The van der Waals surface area contributed by atoms with Crippen LogP contribution in [0.2, 0.25) is 0 Å². The molecule has 0 unspecified atom stereocenters. The molecule has 3 aromatic rings. The van der Waals surface area contributed by atoms with Crippen molar-refractivity contribution in [1.82, 2.24) is 19.6 Å². The number of imidazole rings is 1. The Morgan fingerprint density at radius 1 is 1.29 bits per heavy atom. The lowest BCUT2D eigenvalue weighted by Gasteiger charge is -2.42. The van der Waals surface area contributed by atoms with Gasteiger partial charge in [0.2, 0.25) is 0 Å². The van der Waals surface area contributed by atoms with Crippen LogP contribution < -0.4 is 0 Å². The van der Waals surface area contributed by atoms with Crippen LogP contribution in [-0.4, -0.2) is 44.9 Å². The van der Waals surface area contributed by atoms with Gasteiger partial charge in [-0.2, -0.15) is 0 Å². The number of likely N-dealkylation sites (tertiary alicyclic amines) is 1. The molecular weight excluding hydrogens is 352 g/mol. The van der Waals surface area contributed by atoms with Crippen molar-refractivity contribution in [1.29, 1.82) is 0 Å². The molecule has 144 valence electrons. The summed E-state index contributed by atoms with van der Waals surface area (Å²) >= 11 is 0. The van der Waals surface area contributed by atoms with Crippen LogP contribution >= 0.6 is 0 Å². The minimum absolute atomic E-state index is 0.103. The molecule has 4 rings (SSSR count). The molecule has 1 aliphatic rings. The first-order chi connectivity index (χ1) is 13.4. The molecular formula is C22H24N4O2. The summed E-state index contributed by atoms with van der Waals surface area (Å²) in [7, 11) is 2.11. The van der Waals surface area contributed by atoms with E-state index in [0.717, 1.165) is 29.9 Å². The first kappa shape index (κ1) is 18.5. The molecule has 0 bridgehead atoms. The zero-order valence-electron chi connectivity index (χ0n) is 16.4. The van der Waals surface area contributed by atoms with Crippen LogP contribution in [0, 0.1) is 17.3 Å². The second-order valence-electron chi connectivity index (χ2n) is 7.83. The smallest absolute Gasteiger partial charge is 0.167 e. The topological polar surface area (TPSA) is 67.3 Å².